The second-order valence-corrected chi connectivity index (χ2v) is 5.46. The number of nitrogens with zero attached hydrogens (tertiary/aromatic N) is 2. The summed E-state index contributed by atoms with van der Waals surface area (Å²) >= 11 is 4.73. The lowest BCUT2D eigenvalue weighted by Crippen LogP contribution is -2.00. The van der Waals surface area contributed by atoms with Crippen molar-refractivity contribution in [3.05, 3.63) is 39.9 Å². The Kier molecular flexibility index (Phi) is 4.66. The molecule has 0 fully saturated rings. The average Bonchev–Trinajstić information content (AvgIpc) is 2.79. The lowest BCUT2D eigenvalue weighted by molar-refractivity contribution is 0.625. The van der Waals surface area contributed by atoms with Crippen molar-refractivity contribution < 1.29 is 4.39 Å². The van der Waals surface area contributed by atoms with Crippen LogP contribution in [0.4, 0.5) is 9.52 Å². The van der Waals surface area contributed by atoms with Gasteiger partial charge in [0.1, 0.15) is 11.6 Å². The van der Waals surface area contributed by atoms with Crippen molar-refractivity contribution in [3.8, 4) is 0 Å². The summed E-state index contributed by atoms with van der Waals surface area (Å²) in [7, 11) is 0. The number of hydrogen-bond donors (Lipinski definition) is 1. The highest BCUT2D eigenvalue weighted by Crippen LogP contribution is 2.20. The van der Waals surface area contributed by atoms with Gasteiger partial charge in [-0.2, -0.15) is 4.37 Å². The van der Waals surface area contributed by atoms with Gasteiger partial charge in [-0.1, -0.05) is 22.9 Å². The first-order valence-electron chi connectivity index (χ1n) is 5.69. The minimum absolute atomic E-state index is 0.237. The first kappa shape index (κ1) is 13.4. The highest BCUT2D eigenvalue weighted by atomic mass is 79.9. The van der Waals surface area contributed by atoms with Gasteiger partial charge in [0.05, 0.1) is 0 Å². The van der Waals surface area contributed by atoms with Crippen molar-refractivity contribution in [2.45, 2.75) is 26.3 Å². The summed E-state index contributed by atoms with van der Waals surface area (Å²) in [4.78, 5) is 4.35. The lowest BCUT2D eigenvalue weighted by atomic mass is 10.2. The van der Waals surface area contributed by atoms with E-state index in [0.717, 1.165) is 33.8 Å². The summed E-state index contributed by atoms with van der Waals surface area (Å²) < 4.78 is 18.2. The summed E-state index contributed by atoms with van der Waals surface area (Å²) in [6.45, 7) is 2.62. The molecule has 0 amide bonds. The van der Waals surface area contributed by atoms with Crippen LogP contribution < -0.4 is 5.32 Å². The molecule has 3 nitrogen and oxygen atoms in total. The van der Waals surface area contributed by atoms with Crippen LogP contribution in [0.1, 0.15) is 24.7 Å². The number of rotatable bonds is 5. The van der Waals surface area contributed by atoms with Gasteiger partial charge in [0, 0.05) is 29.0 Å². The molecule has 1 heterocycles. The third-order valence-corrected chi connectivity index (χ3v) is 3.86. The van der Waals surface area contributed by atoms with E-state index >= 15 is 0 Å². The highest BCUT2D eigenvalue weighted by molar-refractivity contribution is 9.10. The van der Waals surface area contributed by atoms with Gasteiger partial charge in [-0.3, -0.25) is 0 Å². The third-order valence-electron chi connectivity index (χ3n) is 2.38. The molecular formula is C12H13BrFN3S. The second kappa shape index (κ2) is 6.24. The molecule has 0 spiro atoms. The van der Waals surface area contributed by atoms with E-state index in [9.17, 15) is 4.39 Å². The lowest BCUT2D eigenvalue weighted by Gasteiger charge is -2.05. The summed E-state index contributed by atoms with van der Waals surface area (Å²) in [5.41, 5.74) is 0.863. The fourth-order valence-electron chi connectivity index (χ4n) is 1.50. The zero-order valence-electron chi connectivity index (χ0n) is 9.91. The van der Waals surface area contributed by atoms with Crippen molar-refractivity contribution in [2.75, 3.05) is 5.32 Å². The molecule has 1 aromatic carbocycles. The average molecular weight is 330 g/mol. The third kappa shape index (κ3) is 3.49. The van der Waals surface area contributed by atoms with Crippen LogP contribution in [0, 0.1) is 5.82 Å². The number of aromatic nitrogens is 2. The van der Waals surface area contributed by atoms with E-state index in [-0.39, 0.29) is 5.82 Å². The van der Waals surface area contributed by atoms with Crippen molar-refractivity contribution >= 4 is 32.6 Å². The molecule has 18 heavy (non-hydrogen) atoms. The number of nitrogens with one attached hydrogen (secondary N) is 1. The van der Waals surface area contributed by atoms with E-state index in [1.807, 2.05) is 0 Å². The molecule has 0 atom stereocenters. The zero-order valence-corrected chi connectivity index (χ0v) is 12.3. The van der Waals surface area contributed by atoms with Crippen LogP contribution >= 0.6 is 27.5 Å². The molecule has 0 saturated carbocycles. The summed E-state index contributed by atoms with van der Waals surface area (Å²) in [6.07, 6.45) is 1.92. The molecule has 0 bridgehead atoms. The van der Waals surface area contributed by atoms with Crippen molar-refractivity contribution in [1.29, 1.82) is 0 Å². The largest absolute Gasteiger partial charge is 0.356 e. The molecule has 0 aliphatic carbocycles. The summed E-state index contributed by atoms with van der Waals surface area (Å²) in [6, 6.07) is 4.64. The van der Waals surface area contributed by atoms with Crippen molar-refractivity contribution in [1.82, 2.24) is 9.36 Å². The predicted octanol–water partition coefficient (Wildman–Crippen LogP) is 4.00. The van der Waals surface area contributed by atoms with Gasteiger partial charge in [-0.15, -0.1) is 0 Å². The van der Waals surface area contributed by atoms with E-state index in [1.165, 1.54) is 23.7 Å². The Hall–Kier alpha value is -1.01. The van der Waals surface area contributed by atoms with E-state index < -0.39 is 0 Å². The maximum atomic E-state index is 13.1. The predicted molar refractivity (Wildman–Crippen MR) is 75.3 cm³/mol. The summed E-state index contributed by atoms with van der Waals surface area (Å²) in [5.74, 6) is 0.627. The molecule has 0 radical (unpaired) electrons. The quantitative estimate of drug-likeness (QED) is 0.900. The Labute approximate surface area is 118 Å². The van der Waals surface area contributed by atoms with Crippen LogP contribution in [0.3, 0.4) is 0 Å². The molecule has 2 rings (SSSR count). The smallest absolute Gasteiger partial charge is 0.202 e. The first-order valence-corrected chi connectivity index (χ1v) is 7.26. The van der Waals surface area contributed by atoms with Crippen LogP contribution in [0.25, 0.3) is 0 Å². The van der Waals surface area contributed by atoms with Crippen molar-refractivity contribution in [2.24, 2.45) is 0 Å². The normalized spacial score (nSPS) is 10.6. The molecule has 96 valence electrons. The highest BCUT2D eigenvalue weighted by Gasteiger charge is 2.05. The minimum Gasteiger partial charge on any atom is -0.356 e. The van der Waals surface area contributed by atoms with E-state index in [4.69, 9.17) is 0 Å². The Bertz CT molecular complexity index is 530. The number of aryl methyl sites for hydroxylation is 1. The number of anilines is 1. The fourth-order valence-corrected chi connectivity index (χ4v) is 2.49. The van der Waals surface area contributed by atoms with Crippen LogP contribution in [0.2, 0.25) is 0 Å². The van der Waals surface area contributed by atoms with E-state index in [1.54, 1.807) is 6.07 Å². The Morgan fingerprint density at radius 3 is 3.06 bits per heavy atom. The Balaban J connectivity index is 1.99. The Morgan fingerprint density at radius 2 is 2.28 bits per heavy atom. The van der Waals surface area contributed by atoms with Crippen LogP contribution in [-0.2, 0) is 13.0 Å². The minimum atomic E-state index is -0.237. The molecule has 1 N–H and O–H groups in total. The van der Waals surface area contributed by atoms with Gasteiger partial charge in [-0.05, 0) is 30.2 Å². The molecule has 0 unspecified atom stereocenters. The van der Waals surface area contributed by atoms with Crippen molar-refractivity contribution in [3.63, 3.8) is 0 Å². The number of halogens is 2. The fraction of sp³-hybridized carbons (Fsp3) is 0.333. The molecule has 0 aliphatic rings. The first-order chi connectivity index (χ1) is 8.69. The topological polar surface area (TPSA) is 37.8 Å². The number of benzene rings is 1. The van der Waals surface area contributed by atoms with E-state index in [0.29, 0.717) is 6.54 Å². The Morgan fingerprint density at radius 1 is 1.44 bits per heavy atom. The van der Waals surface area contributed by atoms with Gasteiger partial charge < -0.3 is 5.32 Å². The van der Waals surface area contributed by atoms with Gasteiger partial charge in [0.25, 0.3) is 0 Å². The summed E-state index contributed by atoms with van der Waals surface area (Å²) in [5, 5.41) is 3.93. The molecule has 2 aromatic rings. The van der Waals surface area contributed by atoms with Gasteiger partial charge in [-0.25, -0.2) is 9.37 Å². The molecule has 0 aliphatic heterocycles. The molecular weight excluding hydrogens is 317 g/mol. The zero-order chi connectivity index (χ0) is 13.0. The molecule has 1 aromatic heterocycles. The molecule has 6 heteroatoms. The standard InChI is InChI=1S/C12H13BrFN3S/c1-2-3-11-16-12(18-17-11)15-7-8-6-9(14)4-5-10(8)13/h4-6H,2-3,7H2,1H3,(H,15,16,17). The van der Waals surface area contributed by atoms with Gasteiger partial charge >= 0.3 is 0 Å². The van der Waals surface area contributed by atoms with Gasteiger partial charge in [0.2, 0.25) is 5.13 Å². The SMILES string of the molecule is CCCc1nsc(NCc2cc(F)ccc2Br)n1. The monoisotopic (exact) mass is 329 g/mol. The van der Waals surface area contributed by atoms with Crippen LogP contribution in [-0.4, -0.2) is 9.36 Å². The second-order valence-electron chi connectivity index (χ2n) is 3.86. The number of hydrogen-bond acceptors (Lipinski definition) is 4. The van der Waals surface area contributed by atoms with Crippen LogP contribution in [0.15, 0.2) is 22.7 Å². The maximum Gasteiger partial charge on any atom is 0.202 e. The van der Waals surface area contributed by atoms with Gasteiger partial charge in [0.15, 0.2) is 0 Å². The van der Waals surface area contributed by atoms with E-state index in [2.05, 4.69) is 37.5 Å². The molecule has 0 saturated heterocycles. The maximum absolute atomic E-state index is 13.1. The van der Waals surface area contributed by atoms with Crippen LogP contribution in [0.5, 0.6) is 0 Å².